The van der Waals surface area contributed by atoms with E-state index >= 15 is 0 Å². The van der Waals surface area contributed by atoms with Crippen LogP contribution in [0.4, 0.5) is 17.6 Å². The Hall–Kier alpha value is -3.20. The average molecular weight is 465 g/mol. The van der Waals surface area contributed by atoms with Crippen LogP contribution in [0.3, 0.4) is 0 Å². The zero-order valence-corrected chi connectivity index (χ0v) is 17.7. The highest BCUT2D eigenvalue weighted by molar-refractivity contribution is 6.28. The highest BCUT2D eigenvalue weighted by Crippen LogP contribution is 2.33. The van der Waals surface area contributed by atoms with Gasteiger partial charge < -0.3 is 9.30 Å². The number of ether oxygens (including phenoxy) is 1. The quantitative estimate of drug-likeness (QED) is 0.251. The Balaban J connectivity index is 1.58. The van der Waals surface area contributed by atoms with Crippen LogP contribution >= 0.6 is 11.6 Å². The molecule has 2 heterocycles. The Morgan fingerprint density at radius 1 is 1.03 bits per heavy atom. The Morgan fingerprint density at radius 2 is 1.75 bits per heavy atom. The first-order chi connectivity index (χ1) is 15.1. The van der Waals surface area contributed by atoms with Crippen molar-refractivity contribution in [2.75, 3.05) is 0 Å². The lowest BCUT2D eigenvalue weighted by molar-refractivity contribution is -0.140. The molecule has 0 spiro atoms. The van der Waals surface area contributed by atoms with Crippen LogP contribution < -0.4 is 4.74 Å². The van der Waals surface area contributed by atoms with Gasteiger partial charge in [0.05, 0.1) is 10.9 Å². The minimum Gasteiger partial charge on any atom is -0.472 e. The molecule has 0 unspecified atom stereocenters. The second kappa shape index (κ2) is 8.38. The van der Waals surface area contributed by atoms with Crippen molar-refractivity contribution in [2.45, 2.75) is 32.7 Å². The fourth-order valence-corrected chi connectivity index (χ4v) is 3.36. The van der Waals surface area contributed by atoms with Gasteiger partial charge in [-0.15, -0.1) is 0 Å². The summed E-state index contributed by atoms with van der Waals surface area (Å²) in [6.07, 6.45) is -3.51. The van der Waals surface area contributed by atoms with E-state index in [1.807, 2.05) is 0 Å². The maximum Gasteiger partial charge on any atom is 0.434 e. The van der Waals surface area contributed by atoms with E-state index in [9.17, 15) is 17.6 Å². The lowest BCUT2D eigenvalue weighted by Crippen LogP contribution is -2.05. The predicted molar refractivity (Wildman–Crippen MR) is 112 cm³/mol. The number of halogens is 5. The van der Waals surface area contributed by atoms with Crippen molar-refractivity contribution in [1.82, 2.24) is 19.5 Å². The molecule has 10 heteroatoms. The SMILES string of the molecule is CC(C)n1cc(C(F)(F)F)nc1-c1ccc(COc2nc(Cl)nc3ccc(F)cc23)cc1. The summed E-state index contributed by atoms with van der Waals surface area (Å²) in [5.41, 5.74) is 0.772. The summed E-state index contributed by atoms with van der Waals surface area (Å²) in [7, 11) is 0. The van der Waals surface area contributed by atoms with Gasteiger partial charge >= 0.3 is 6.18 Å². The van der Waals surface area contributed by atoms with Gasteiger partial charge in [-0.1, -0.05) is 24.3 Å². The molecule has 0 amide bonds. The summed E-state index contributed by atoms with van der Waals surface area (Å²) in [5, 5.41) is 0.347. The summed E-state index contributed by atoms with van der Waals surface area (Å²) in [6.45, 7) is 3.66. The first-order valence-corrected chi connectivity index (χ1v) is 10.0. The zero-order chi connectivity index (χ0) is 23.0. The van der Waals surface area contributed by atoms with E-state index in [2.05, 4.69) is 15.0 Å². The normalized spacial score (nSPS) is 12.0. The molecular weight excluding hydrogens is 448 g/mol. The van der Waals surface area contributed by atoms with E-state index < -0.39 is 17.7 Å². The van der Waals surface area contributed by atoms with Crippen LogP contribution in [0.25, 0.3) is 22.3 Å². The second-order valence-corrected chi connectivity index (χ2v) is 7.73. The van der Waals surface area contributed by atoms with Gasteiger partial charge in [-0.05, 0) is 49.2 Å². The molecule has 4 aromatic rings. The maximum atomic E-state index is 13.6. The highest BCUT2D eigenvalue weighted by Gasteiger charge is 2.35. The Morgan fingerprint density at radius 3 is 2.41 bits per heavy atom. The van der Waals surface area contributed by atoms with Crippen molar-refractivity contribution in [3.8, 4) is 17.3 Å². The molecule has 0 N–H and O–H groups in total. The van der Waals surface area contributed by atoms with Crippen LogP contribution in [-0.2, 0) is 12.8 Å². The van der Waals surface area contributed by atoms with Gasteiger partial charge in [-0.25, -0.2) is 14.4 Å². The molecule has 0 aliphatic rings. The summed E-state index contributed by atoms with van der Waals surface area (Å²) in [6, 6.07) is 10.6. The van der Waals surface area contributed by atoms with E-state index in [1.165, 1.54) is 22.8 Å². The van der Waals surface area contributed by atoms with Gasteiger partial charge in [-0.3, -0.25) is 0 Å². The van der Waals surface area contributed by atoms with Crippen LogP contribution in [0, 0.1) is 5.82 Å². The number of benzene rings is 2. The third-order valence-electron chi connectivity index (χ3n) is 4.76. The van der Waals surface area contributed by atoms with Crippen molar-refractivity contribution in [3.05, 3.63) is 71.0 Å². The molecule has 2 aromatic heterocycles. The van der Waals surface area contributed by atoms with Gasteiger partial charge in [0, 0.05) is 17.8 Å². The summed E-state index contributed by atoms with van der Waals surface area (Å²) in [4.78, 5) is 11.9. The van der Waals surface area contributed by atoms with Crippen LogP contribution in [0.2, 0.25) is 5.28 Å². The van der Waals surface area contributed by atoms with Crippen LogP contribution in [0.1, 0.15) is 31.1 Å². The van der Waals surface area contributed by atoms with E-state index in [-0.39, 0.29) is 29.6 Å². The number of hydrogen-bond acceptors (Lipinski definition) is 4. The molecule has 166 valence electrons. The number of aromatic nitrogens is 4. The van der Waals surface area contributed by atoms with E-state index in [0.29, 0.717) is 16.5 Å². The number of hydrogen-bond donors (Lipinski definition) is 0. The molecule has 2 aromatic carbocycles. The van der Waals surface area contributed by atoms with Gasteiger partial charge in [0.1, 0.15) is 18.2 Å². The van der Waals surface area contributed by atoms with Gasteiger partial charge in [-0.2, -0.15) is 18.2 Å². The number of rotatable bonds is 5. The lowest BCUT2D eigenvalue weighted by atomic mass is 10.1. The largest absolute Gasteiger partial charge is 0.472 e. The Kier molecular flexibility index (Phi) is 5.77. The highest BCUT2D eigenvalue weighted by atomic mass is 35.5. The lowest BCUT2D eigenvalue weighted by Gasteiger charge is -2.12. The maximum absolute atomic E-state index is 13.6. The van der Waals surface area contributed by atoms with E-state index in [0.717, 1.165) is 11.8 Å². The smallest absolute Gasteiger partial charge is 0.434 e. The first kappa shape index (κ1) is 22.0. The van der Waals surface area contributed by atoms with Crippen LogP contribution in [-0.4, -0.2) is 19.5 Å². The summed E-state index contributed by atoms with van der Waals surface area (Å²) < 4.78 is 60.2. The molecule has 32 heavy (non-hydrogen) atoms. The molecule has 0 aliphatic carbocycles. The van der Waals surface area contributed by atoms with Gasteiger partial charge in [0.25, 0.3) is 0 Å². The minimum absolute atomic E-state index is 0.0320. The van der Waals surface area contributed by atoms with Crippen molar-refractivity contribution in [1.29, 1.82) is 0 Å². The number of alkyl halides is 3. The predicted octanol–water partition coefficient (Wildman–Crippen LogP) is 6.46. The Bertz CT molecular complexity index is 1270. The number of imidazole rings is 1. The molecule has 4 rings (SSSR count). The van der Waals surface area contributed by atoms with Crippen LogP contribution in [0.15, 0.2) is 48.7 Å². The molecule has 0 radical (unpaired) electrons. The van der Waals surface area contributed by atoms with Crippen molar-refractivity contribution in [3.63, 3.8) is 0 Å². The number of nitrogens with zero attached hydrogens (tertiary/aromatic N) is 4. The summed E-state index contributed by atoms with van der Waals surface area (Å²) in [5.74, 6) is -0.103. The molecular formula is C22H17ClF4N4O. The second-order valence-electron chi connectivity index (χ2n) is 7.39. The third-order valence-corrected chi connectivity index (χ3v) is 4.93. The Labute approximate surface area is 185 Å². The number of fused-ring (bicyclic) bond motifs is 1. The topological polar surface area (TPSA) is 52.8 Å². The van der Waals surface area contributed by atoms with Crippen molar-refractivity contribution >= 4 is 22.5 Å². The molecule has 0 atom stereocenters. The zero-order valence-electron chi connectivity index (χ0n) is 17.0. The van der Waals surface area contributed by atoms with Gasteiger partial charge in [0.15, 0.2) is 5.69 Å². The van der Waals surface area contributed by atoms with Gasteiger partial charge in [0.2, 0.25) is 11.2 Å². The molecule has 0 fully saturated rings. The molecule has 0 aliphatic heterocycles. The molecule has 0 saturated heterocycles. The van der Waals surface area contributed by atoms with Crippen molar-refractivity contribution < 1.29 is 22.3 Å². The third kappa shape index (κ3) is 4.52. The summed E-state index contributed by atoms with van der Waals surface area (Å²) >= 11 is 5.92. The molecule has 0 bridgehead atoms. The first-order valence-electron chi connectivity index (χ1n) is 9.63. The average Bonchev–Trinajstić information content (AvgIpc) is 3.19. The molecule has 0 saturated carbocycles. The monoisotopic (exact) mass is 464 g/mol. The van der Waals surface area contributed by atoms with E-state index in [1.54, 1.807) is 38.1 Å². The van der Waals surface area contributed by atoms with E-state index in [4.69, 9.17) is 16.3 Å². The fraction of sp³-hybridized carbons (Fsp3) is 0.227. The van der Waals surface area contributed by atoms with Crippen LogP contribution in [0.5, 0.6) is 5.88 Å². The minimum atomic E-state index is -4.52. The fourth-order valence-electron chi connectivity index (χ4n) is 3.19. The standard InChI is InChI=1S/C22H17ClF4N4O/c1-12(2)31-10-18(22(25,26)27)29-19(31)14-5-3-13(4-6-14)11-32-20-16-9-15(24)7-8-17(16)28-21(23)30-20/h3-10,12H,11H2,1-2H3. The van der Waals surface area contributed by atoms with Crippen molar-refractivity contribution in [2.24, 2.45) is 0 Å². The molecule has 5 nitrogen and oxygen atoms in total.